The molecule has 0 radical (unpaired) electrons. The molecule has 2 fully saturated rings. The second kappa shape index (κ2) is 8.52. The van der Waals surface area contributed by atoms with E-state index >= 15 is 0 Å². The molecule has 28 heavy (non-hydrogen) atoms. The highest BCUT2D eigenvalue weighted by Crippen LogP contribution is 2.47. The van der Waals surface area contributed by atoms with Crippen LogP contribution in [-0.2, 0) is 11.3 Å². The Morgan fingerprint density at radius 3 is 2.54 bits per heavy atom. The molecule has 1 aliphatic heterocycles. The van der Waals surface area contributed by atoms with Gasteiger partial charge in [-0.1, -0.05) is 44.2 Å². The molecule has 2 aliphatic rings. The van der Waals surface area contributed by atoms with Crippen LogP contribution in [0, 0.1) is 5.92 Å². The molecule has 4 rings (SSSR count). The Hall–Kier alpha value is -2.07. The maximum absolute atomic E-state index is 13.0. The lowest BCUT2D eigenvalue weighted by Gasteiger charge is -2.34. The van der Waals surface area contributed by atoms with E-state index in [-0.39, 0.29) is 11.8 Å². The molecule has 0 spiro atoms. The maximum atomic E-state index is 13.0. The third-order valence-electron chi connectivity index (χ3n) is 6.44. The fourth-order valence-corrected chi connectivity index (χ4v) is 4.41. The first kappa shape index (κ1) is 19.3. The number of carbonyl (C=O) groups excluding carboxylic acids is 1. The Balaban J connectivity index is 1.25. The van der Waals surface area contributed by atoms with Crippen LogP contribution in [0.3, 0.4) is 0 Å². The smallest absolute Gasteiger partial charge is 0.230 e. The molecule has 1 saturated heterocycles. The predicted molar refractivity (Wildman–Crippen MR) is 111 cm³/mol. The van der Waals surface area contributed by atoms with Crippen molar-refractivity contribution in [1.29, 1.82) is 0 Å². The summed E-state index contributed by atoms with van der Waals surface area (Å²) in [5.41, 5.74) is 1.13. The summed E-state index contributed by atoms with van der Waals surface area (Å²) in [6.45, 7) is 6.83. The van der Waals surface area contributed by atoms with E-state index in [2.05, 4.69) is 48.3 Å². The Bertz CT molecular complexity index is 777. The summed E-state index contributed by atoms with van der Waals surface area (Å²) in [4.78, 5) is 15.1. The van der Waals surface area contributed by atoms with Gasteiger partial charge in [-0.3, -0.25) is 4.79 Å². The Morgan fingerprint density at radius 2 is 1.89 bits per heavy atom. The van der Waals surface area contributed by atoms with Crippen LogP contribution >= 0.6 is 0 Å². The molecular formula is C24H32N2O2. The Morgan fingerprint density at radius 1 is 1.18 bits per heavy atom. The molecular weight excluding hydrogens is 348 g/mol. The third kappa shape index (κ3) is 4.33. The number of nitrogens with one attached hydrogen (secondary N) is 1. The van der Waals surface area contributed by atoms with Crippen molar-refractivity contribution in [2.24, 2.45) is 5.92 Å². The van der Waals surface area contributed by atoms with Gasteiger partial charge in [-0.15, -0.1) is 0 Å². The lowest BCUT2D eigenvalue weighted by molar-refractivity contribution is -0.134. The highest BCUT2D eigenvalue weighted by Gasteiger charge is 2.36. The number of carbonyl (C=O) groups is 1. The van der Waals surface area contributed by atoms with Gasteiger partial charge < -0.3 is 14.6 Å². The molecule has 3 unspecified atom stereocenters. The SMILES string of the molecule is CCC(C(=O)N1CCC(NCc2ccc(C3CC3C)o2)CC1)c1ccccc1. The fourth-order valence-electron chi connectivity index (χ4n) is 4.41. The summed E-state index contributed by atoms with van der Waals surface area (Å²) in [5.74, 6) is 3.85. The van der Waals surface area contributed by atoms with Crippen molar-refractivity contribution < 1.29 is 9.21 Å². The van der Waals surface area contributed by atoms with Gasteiger partial charge in [-0.25, -0.2) is 0 Å². The van der Waals surface area contributed by atoms with Crippen molar-refractivity contribution in [3.63, 3.8) is 0 Å². The van der Waals surface area contributed by atoms with Crippen LogP contribution in [0.2, 0.25) is 0 Å². The van der Waals surface area contributed by atoms with E-state index in [1.54, 1.807) is 0 Å². The van der Waals surface area contributed by atoms with E-state index < -0.39 is 0 Å². The van der Waals surface area contributed by atoms with Gasteiger partial charge in [0, 0.05) is 25.0 Å². The maximum Gasteiger partial charge on any atom is 0.230 e. The largest absolute Gasteiger partial charge is 0.464 e. The zero-order valence-corrected chi connectivity index (χ0v) is 17.1. The van der Waals surface area contributed by atoms with Crippen molar-refractivity contribution in [3.8, 4) is 0 Å². The molecule has 150 valence electrons. The average molecular weight is 381 g/mol. The molecule has 1 aliphatic carbocycles. The number of likely N-dealkylation sites (tertiary alicyclic amines) is 1. The molecule has 1 aromatic carbocycles. The summed E-state index contributed by atoms with van der Waals surface area (Å²) in [5, 5.41) is 3.62. The van der Waals surface area contributed by atoms with Gasteiger partial charge in [0.15, 0.2) is 0 Å². The monoisotopic (exact) mass is 380 g/mol. The Labute approximate surface area is 168 Å². The second-order valence-electron chi connectivity index (χ2n) is 8.48. The highest BCUT2D eigenvalue weighted by molar-refractivity contribution is 5.83. The van der Waals surface area contributed by atoms with Crippen LogP contribution in [0.5, 0.6) is 0 Å². The zero-order chi connectivity index (χ0) is 19.5. The van der Waals surface area contributed by atoms with Gasteiger partial charge in [-0.2, -0.15) is 0 Å². The van der Waals surface area contributed by atoms with Crippen LogP contribution in [0.1, 0.15) is 68.5 Å². The number of nitrogens with zero attached hydrogens (tertiary/aromatic N) is 1. The molecule has 2 aromatic rings. The minimum Gasteiger partial charge on any atom is -0.464 e. The number of benzene rings is 1. The van der Waals surface area contributed by atoms with Gasteiger partial charge >= 0.3 is 0 Å². The molecule has 1 saturated carbocycles. The number of amides is 1. The molecule has 1 amide bonds. The van der Waals surface area contributed by atoms with Crippen molar-refractivity contribution in [2.75, 3.05) is 13.1 Å². The molecule has 4 heteroatoms. The first-order chi connectivity index (χ1) is 13.7. The number of furan rings is 1. The highest BCUT2D eigenvalue weighted by atomic mass is 16.3. The van der Waals surface area contributed by atoms with E-state index in [0.29, 0.717) is 12.0 Å². The molecule has 1 aromatic heterocycles. The average Bonchev–Trinajstić information content (AvgIpc) is 3.27. The number of piperidine rings is 1. The van der Waals surface area contributed by atoms with E-state index in [0.717, 1.165) is 61.9 Å². The summed E-state index contributed by atoms with van der Waals surface area (Å²) < 4.78 is 6.00. The third-order valence-corrected chi connectivity index (χ3v) is 6.44. The number of rotatable bonds is 7. The van der Waals surface area contributed by atoms with Gasteiger partial charge in [-0.05, 0) is 49.3 Å². The summed E-state index contributed by atoms with van der Waals surface area (Å²) in [6.07, 6.45) is 4.12. The molecule has 3 atom stereocenters. The molecule has 4 nitrogen and oxygen atoms in total. The van der Waals surface area contributed by atoms with Crippen molar-refractivity contribution in [3.05, 3.63) is 59.5 Å². The zero-order valence-electron chi connectivity index (χ0n) is 17.1. The minimum atomic E-state index is -0.0166. The van der Waals surface area contributed by atoms with Crippen molar-refractivity contribution in [2.45, 2.75) is 64.0 Å². The van der Waals surface area contributed by atoms with Crippen molar-refractivity contribution >= 4 is 5.91 Å². The standard InChI is InChI=1S/C24H32N2O2/c1-3-21(18-7-5-4-6-8-18)24(27)26-13-11-19(12-14-26)25-16-20-9-10-23(28-20)22-15-17(22)2/h4-10,17,19,21-22,25H,3,11-16H2,1-2H3. The summed E-state index contributed by atoms with van der Waals surface area (Å²) >= 11 is 0. The van der Waals surface area contributed by atoms with Crippen LogP contribution in [0.15, 0.2) is 46.9 Å². The normalized spacial score (nSPS) is 23.6. The topological polar surface area (TPSA) is 45.5 Å². The van der Waals surface area contributed by atoms with Gasteiger partial charge in [0.25, 0.3) is 0 Å². The molecule has 2 heterocycles. The van der Waals surface area contributed by atoms with Gasteiger partial charge in [0.2, 0.25) is 5.91 Å². The van der Waals surface area contributed by atoms with Crippen molar-refractivity contribution in [1.82, 2.24) is 10.2 Å². The lowest BCUT2D eigenvalue weighted by Crippen LogP contribution is -2.46. The second-order valence-corrected chi connectivity index (χ2v) is 8.48. The summed E-state index contributed by atoms with van der Waals surface area (Å²) in [6, 6.07) is 14.9. The van der Waals surface area contributed by atoms with Crippen LogP contribution < -0.4 is 5.32 Å². The predicted octanol–water partition coefficient (Wildman–Crippen LogP) is 4.68. The van der Waals surface area contributed by atoms with Crippen LogP contribution in [-0.4, -0.2) is 29.9 Å². The minimum absolute atomic E-state index is 0.0166. The molecule has 1 N–H and O–H groups in total. The van der Waals surface area contributed by atoms with Crippen LogP contribution in [0.25, 0.3) is 0 Å². The van der Waals surface area contributed by atoms with E-state index in [4.69, 9.17) is 4.42 Å². The Kier molecular flexibility index (Phi) is 5.86. The van der Waals surface area contributed by atoms with Gasteiger partial charge in [0.1, 0.15) is 11.5 Å². The fraction of sp³-hybridized carbons (Fsp3) is 0.542. The van der Waals surface area contributed by atoms with E-state index in [1.807, 2.05) is 18.2 Å². The lowest BCUT2D eigenvalue weighted by atomic mass is 9.93. The number of hydrogen-bond donors (Lipinski definition) is 1. The molecule has 0 bridgehead atoms. The summed E-state index contributed by atoms with van der Waals surface area (Å²) in [7, 11) is 0. The quantitative estimate of drug-likeness (QED) is 0.759. The van der Waals surface area contributed by atoms with E-state index in [9.17, 15) is 4.79 Å². The number of hydrogen-bond acceptors (Lipinski definition) is 3. The van der Waals surface area contributed by atoms with E-state index in [1.165, 1.54) is 6.42 Å². The first-order valence-corrected chi connectivity index (χ1v) is 10.8. The van der Waals surface area contributed by atoms with Crippen LogP contribution in [0.4, 0.5) is 0 Å². The first-order valence-electron chi connectivity index (χ1n) is 10.8. The van der Waals surface area contributed by atoms with Gasteiger partial charge in [0.05, 0.1) is 12.5 Å².